The molecule has 4 nitrogen and oxygen atoms in total. The fourth-order valence-electron chi connectivity index (χ4n) is 2.09. The molecule has 102 valence electrons. The molecule has 0 saturated heterocycles. The maximum atomic E-state index is 6.21. The van der Waals surface area contributed by atoms with Gasteiger partial charge in [0.1, 0.15) is 0 Å². The van der Waals surface area contributed by atoms with Crippen molar-refractivity contribution in [3.8, 4) is 0 Å². The van der Waals surface area contributed by atoms with E-state index in [1.165, 1.54) is 0 Å². The normalized spacial score (nSPS) is 12.7. The van der Waals surface area contributed by atoms with Crippen LogP contribution in [-0.2, 0) is 6.54 Å². The predicted octanol–water partition coefficient (Wildman–Crippen LogP) is 3.07. The zero-order valence-corrected chi connectivity index (χ0v) is 12.3. The topological polar surface area (TPSA) is 55.9 Å². The second-order valence-electron chi connectivity index (χ2n) is 4.30. The van der Waals surface area contributed by atoms with Gasteiger partial charge in [0.15, 0.2) is 0 Å². The molecule has 1 aromatic heterocycles. The number of hydrazine groups is 1. The van der Waals surface area contributed by atoms with Crippen molar-refractivity contribution in [2.24, 2.45) is 5.84 Å². The Bertz CT molecular complexity index is 580. The van der Waals surface area contributed by atoms with Crippen LogP contribution in [0.15, 0.2) is 24.4 Å². The van der Waals surface area contributed by atoms with Gasteiger partial charge in [0.25, 0.3) is 0 Å². The molecule has 1 atom stereocenters. The van der Waals surface area contributed by atoms with Crippen LogP contribution in [-0.4, -0.2) is 9.78 Å². The van der Waals surface area contributed by atoms with Gasteiger partial charge in [-0.25, -0.2) is 5.43 Å². The van der Waals surface area contributed by atoms with Gasteiger partial charge in [0.05, 0.1) is 23.0 Å². The Kier molecular flexibility index (Phi) is 4.47. The van der Waals surface area contributed by atoms with Gasteiger partial charge in [-0.1, -0.05) is 35.3 Å². The van der Waals surface area contributed by atoms with Gasteiger partial charge >= 0.3 is 0 Å². The van der Waals surface area contributed by atoms with Gasteiger partial charge in [-0.2, -0.15) is 5.10 Å². The lowest BCUT2D eigenvalue weighted by atomic mass is 10.0. The first kappa shape index (κ1) is 14.3. The van der Waals surface area contributed by atoms with Crippen molar-refractivity contribution in [2.45, 2.75) is 26.4 Å². The largest absolute Gasteiger partial charge is 0.271 e. The van der Waals surface area contributed by atoms with Crippen molar-refractivity contribution in [2.75, 3.05) is 0 Å². The quantitative estimate of drug-likeness (QED) is 0.674. The molecule has 0 spiro atoms. The summed E-state index contributed by atoms with van der Waals surface area (Å²) in [5.41, 5.74) is 5.65. The van der Waals surface area contributed by atoms with E-state index in [0.717, 1.165) is 28.4 Å². The van der Waals surface area contributed by atoms with Crippen LogP contribution < -0.4 is 11.3 Å². The summed E-state index contributed by atoms with van der Waals surface area (Å²) in [6, 6.07) is 5.57. The molecule has 0 bridgehead atoms. The number of rotatable bonds is 4. The van der Waals surface area contributed by atoms with Crippen LogP contribution in [0.25, 0.3) is 0 Å². The molecular weight excluding hydrogens is 283 g/mol. The van der Waals surface area contributed by atoms with Gasteiger partial charge < -0.3 is 0 Å². The number of halogens is 2. The number of hydrogen-bond donors (Lipinski definition) is 2. The van der Waals surface area contributed by atoms with E-state index in [1.807, 2.05) is 36.7 Å². The Morgan fingerprint density at radius 2 is 2.11 bits per heavy atom. The predicted molar refractivity (Wildman–Crippen MR) is 78.3 cm³/mol. The van der Waals surface area contributed by atoms with E-state index in [2.05, 4.69) is 10.5 Å². The van der Waals surface area contributed by atoms with Gasteiger partial charge in [0, 0.05) is 11.6 Å². The van der Waals surface area contributed by atoms with E-state index in [1.54, 1.807) is 6.20 Å². The summed E-state index contributed by atoms with van der Waals surface area (Å²) < 4.78 is 1.83. The number of benzene rings is 1. The van der Waals surface area contributed by atoms with Gasteiger partial charge in [0.2, 0.25) is 0 Å². The number of nitrogens with two attached hydrogens (primary N) is 1. The van der Waals surface area contributed by atoms with E-state index in [-0.39, 0.29) is 6.04 Å². The summed E-state index contributed by atoms with van der Waals surface area (Å²) in [6.07, 6.45) is 1.63. The summed E-state index contributed by atoms with van der Waals surface area (Å²) >= 11 is 12.3. The van der Waals surface area contributed by atoms with Gasteiger partial charge in [-0.15, -0.1) is 0 Å². The molecular formula is C13H16Cl2N4. The zero-order chi connectivity index (χ0) is 14.0. The SMILES string of the molecule is CCn1ncc(Cl)c1C(NN)c1ccc(Cl)c(C)c1. The van der Waals surface area contributed by atoms with E-state index < -0.39 is 0 Å². The standard InChI is InChI=1S/C13H16Cl2N4/c1-3-19-13(11(15)7-17-19)12(18-16)9-4-5-10(14)8(2)6-9/h4-7,12,18H,3,16H2,1-2H3. The summed E-state index contributed by atoms with van der Waals surface area (Å²) in [5, 5.41) is 5.56. The minimum absolute atomic E-state index is 0.217. The average Bonchev–Trinajstić information content (AvgIpc) is 2.76. The molecule has 1 heterocycles. The van der Waals surface area contributed by atoms with Crippen molar-refractivity contribution < 1.29 is 0 Å². The molecule has 19 heavy (non-hydrogen) atoms. The van der Waals surface area contributed by atoms with Crippen LogP contribution in [0.5, 0.6) is 0 Å². The lowest BCUT2D eigenvalue weighted by Gasteiger charge is -2.19. The van der Waals surface area contributed by atoms with E-state index in [0.29, 0.717) is 5.02 Å². The fraction of sp³-hybridized carbons (Fsp3) is 0.308. The number of nitrogens with one attached hydrogen (secondary N) is 1. The smallest absolute Gasteiger partial charge is 0.0893 e. The molecule has 0 fully saturated rings. The average molecular weight is 299 g/mol. The summed E-state index contributed by atoms with van der Waals surface area (Å²) in [6.45, 7) is 4.69. The third-order valence-corrected chi connectivity index (χ3v) is 3.80. The van der Waals surface area contributed by atoms with Crippen LogP contribution in [0.3, 0.4) is 0 Å². The highest BCUT2D eigenvalue weighted by Crippen LogP contribution is 2.29. The summed E-state index contributed by atoms with van der Waals surface area (Å²) in [7, 11) is 0. The molecule has 0 saturated carbocycles. The molecule has 3 N–H and O–H groups in total. The first-order valence-corrected chi connectivity index (χ1v) is 6.77. The first-order chi connectivity index (χ1) is 9.08. The molecule has 2 rings (SSSR count). The van der Waals surface area contributed by atoms with Crippen LogP contribution in [0.2, 0.25) is 10.0 Å². The van der Waals surface area contributed by atoms with Crippen molar-refractivity contribution >= 4 is 23.2 Å². The molecule has 1 aromatic carbocycles. The molecule has 6 heteroatoms. The molecule has 1 unspecified atom stereocenters. The molecule has 2 aromatic rings. The minimum Gasteiger partial charge on any atom is -0.271 e. The Morgan fingerprint density at radius 3 is 2.68 bits per heavy atom. The van der Waals surface area contributed by atoms with Crippen molar-refractivity contribution in [3.05, 3.63) is 51.3 Å². The van der Waals surface area contributed by atoms with Crippen LogP contribution in [0.4, 0.5) is 0 Å². The number of hydrogen-bond acceptors (Lipinski definition) is 3. The van der Waals surface area contributed by atoms with Crippen LogP contribution in [0, 0.1) is 6.92 Å². The highest BCUT2D eigenvalue weighted by Gasteiger charge is 2.21. The Labute approximate surface area is 122 Å². The number of aromatic nitrogens is 2. The number of aryl methyl sites for hydroxylation is 2. The van der Waals surface area contributed by atoms with Crippen molar-refractivity contribution in [1.29, 1.82) is 0 Å². The maximum Gasteiger partial charge on any atom is 0.0893 e. The van der Waals surface area contributed by atoms with E-state index in [4.69, 9.17) is 29.0 Å². The molecule has 0 aliphatic heterocycles. The summed E-state index contributed by atoms with van der Waals surface area (Å²) in [4.78, 5) is 0. The first-order valence-electron chi connectivity index (χ1n) is 6.01. The lowest BCUT2D eigenvalue weighted by molar-refractivity contribution is 0.543. The molecule has 0 radical (unpaired) electrons. The Morgan fingerprint density at radius 1 is 1.37 bits per heavy atom. The zero-order valence-electron chi connectivity index (χ0n) is 10.8. The van der Waals surface area contributed by atoms with Crippen LogP contribution in [0.1, 0.15) is 29.8 Å². The maximum absolute atomic E-state index is 6.21. The molecule has 0 aliphatic carbocycles. The third kappa shape index (κ3) is 2.77. The van der Waals surface area contributed by atoms with Gasteiger partial charge in [-0.3, -0.25) is 10.5 Å². The lowest BCUT2D eigenvalue weighted by Crippen LogP contribution is -2.31. The summed E-state index contributed by atoms with van der Waals surface area (Å²) in [5.74, 6) is 5.69. The Hall–Kier alpha value is -1.07. The second kappa shape index (κ2) is 5.92. The van der Waals surface area contributed by atoms with Crippen molar-refractivity contribution in [3.63, 3.8) is 0 Å². The third-order valence-electron chi connectivity index (χ3n) is 3.09. The number of nitrogens with zero attached hydrogens (tertiary/aromatic N) is 2. The van der Waals surface area contributed by atoms with Gasteiger partial charge in [-0.05, 0) is 31.0 Å². The highest BCUT2D eigenvalue weighted by molar-refractivity contribution is 6.31. The van der Waals surface area contributed by atoms with E-state index in [9.17, 15) is 0 Å². The Balaban J connectivity index is 2.49. The fourth-order valence-corrected chi connectivity index (χ4v) is 2.46. The van der Waals surface area contributed by atoms with Crippen molar-refractivity contribution in [1.82, 2.24) is 15.2 Å². The molecule has 0 amide bonds. The highest BCUT2D eigenvalue weighted by atomic mass is 35.5. The molecule has 0 aliphatic rings. The van der Waals surface area contributed by atoms with Crippen LogP contribution >= 0.6 is 23.2 Å². The van der Waals surface area contributed by atoms with E-state index >= 15 is 0 Å². The monoisotopic (exact) mass is 298 g/mol. The second-order valence-corrected chi connectivity index (χ2v) is 5.12. The minimum atomic E-state index is -0.217.